The molecule has 0 aromatic carbocycles. The van der Waals surface area contributed by atoms with Gasteiger partial charge in [0.05, 0.1) is 5.60 Å². The van der Waals surface area contributed by atoms with Crippen molar-refractivity contribution in [2.75, 3.05) is 6.61 Å². The normalized spacial score (nSPS) is 18.4. The largest absolute Gasteiger partial charge is 0.375 e. The number of rotatable bonds is 9. The molecule has 0 unspecified atom stereocenters. The van der Waals surface area contributed by atoms with E-state index in [1.165, 1.54) is 57.8 Å². The van der Waals surface area contributed by atoms with E-state index in [4.69, 9.17) is 4.74 Å². The number of hydrogen-bond acceptors (Lipinski definition) is 1. The topological polar surface area (TPSA) is 9.23 Å². The molecule has 1 saturated carbocycles. The fourth-order valence-electron chi connectivity index (χ4n) is 1.91. The molecule has 1 rings (SSSR count). The van der Waals surface area contributed by atoms with Crippen LogP contribution in [0.4, 0.5) is 0 Å². The Morgan fingerprint density at radius 1 is 0.929 bits per heavy atom. The Labute approximate surface area is 89.2 Å². The van der Waals surface area contributed by atoms with Crippen molar-refractivity contribution < 1.29 is 4.74 Å². The number of unbranched alkanes of at least 4 members (excludes halogenated alkanes) is 5. The van der Waals surface area contributed by atoms with Gasteiger partial charge in [-0.1, -0.05) is 46.0 Å². The molecule has 84 valence electrons. The summed E-state index contributed by atoms with van der Waals surface area (Å²) < 4.78 is 5.90. The van der Waals surface area contributed by atoms with Gasteiger partial charge in [0, 0.05) is 6.61 Å². The van der Waals surface area contributed by atoms with Gasteiger partial charge in [0.15, 0.2) is 0 Å². The van der Waals surface area contributed by atoms with Gasteiger partial charge in [-0.15, -0.1) is 0 Å². The van der Waals surface area contributed by atoms with E-state index in [0.717, 1.165) is 6.61 Å². The van der Waals surface area contributed by atoms with E-state index >= 15 is 0 Å². The van der Waals surface area contributed by atoms with Crippen LogP contribution in [-0.4, -0.2) is 12.2 Å². The van der Waals surface area contributed by atoms with E-state index in [-0.39, 0.29) is 0 Å². The van der Waals surface area contributed by atoms with Crippen molar-refractivity contribution in [2.45, 2.75) is 77.2 Å². The summed E-state index contributed by atoms with van der Waals surface area (Å²) in [5.41, 5.74) is 0.337. The third kappa shape index (κ3) is 4.45. The van der Waals surface area contributed by atoms with Gasteiger partial charge in [-0.05, 0) is 25.7 Å². The van der Waals surface area contributed by atoms with E-state index < -0.39 is 0 Å². The van der Waals surface area contributed by atoms with Gasteiger partial charge in [-0.2, -0.15) is 0 Å². The molecule has 0 atom stereocenters. The quantitative estimate of drug-likeness (QED) is 0.502. The second-order valence-electron chi connectivity index (χ2n) is 4.65. The lowest BCUT2D eigenvalue weighted by Crippen LogP contribution is -2.13. The molecular weight excluding hydrogens is 172 g/mol. The van der Waals surface area contributed by atoms with Gasteiger partial charge in [-0.3, -0.25) is 0 Å². The van der Waals surface area contributed by atoms with Crippen molar-refractivity contribution in [1.29, 1.82) is 0 Å². The first-order valence-electron chi connectivity index (χ1n) is 6.47. The van der Waals surface area contributed by atoms with E-state index in [0.29, 0.717) is 5.60 Å². The summed E-state index contributed by atoms with van der Waals surface area (Å²) in [4.78, 5) is 0. The second-order valence-corrected chi connectivity index (χ2v) is 4.65. The highest BCUT2D eigenvalue weighted by Crippen LogP contribution is 2.42. The molecule has 0 aromatic heterocycles. The third-order valence-corrected chi connectivity index (χ3v) is 3.36. The van der Waals surface area contributed by atoms with Gasteiger partial charge in [0.25, 0.3) is 0 Å². The minimum Gasteiger partial charge on any atom is -0.375 e. The smallest absolute Gasteiger partial charge is 0.0682 e. The number of ether oxygens (including phenoxy) is 1. The highest BCUT2D eigenvalue weighted by atomic mass is 16.5. The molecule has 0 aliphatic heterocycles. The maximum absolute atomic E-state index is 5.90. The van der Waals surface area contributed by atoms with Gasteiger partial charge in [0.2, 0.25) is 0 Å². The van der Waals surface area contributed by atoms with E-state index in [1.54, 1.807) is 0 Å². The Kier molecular flexibility index (Phi) is 5.54. The summed E-state index contributed by atoms with van der Waals surface area (Å²) in [5.74, 6) is 0. The molecule has 0 saturated heterocycles. The summed E-state index contributed by atoms with van der Waals surface area (Å²) in [6.07, 6.45) is 12.0. The van der Waals surface area contributed by atoms with Gasteiger partial charge >= 0.3 is 0 Å². The lowest BCUT2D eigenvalue weighted by atomic mass is 10.1. The summed E-state index contributed by atoms with van der Waals surface area (Å²) in [6.45, 7) is 5.51. The molecular formula is C13H26O. The zero-order valence-corrected chi connectivity index (χ0v) is 9.98. The van der Waals surface area contributed by atoms with Crippen molar-refractivity contribution in [1.82, 2.24) is 0 Å². The second kappa shape index (κ2) is 6.44. The molecule has 0 radical (unpaired) electrons. The van der Waals surface area contributed by atoms with Crippen LogP contribution in [0.15, 0.2) is 0 Å². The molecule has 0 heterocycles. The molecule has 0 amide bonds. The first-order chi connectivity index (χ1) is 6.83. The standard InChI is InChI=1S/C13H26O/c1-3-5-6-7-8-9-12-14-13(4-2)10-11-13/h3-12H2,1-2H3. The SMILES string of the molecule is CCCCCCCCOC1(CC)CC1. The Morgan fingerprint density at radius 2 is 1.57 bits per heavy atom. The molecule has 0 bridgehead atoms. The summed E-state index contributed by atoms with van der Waals surface area (Å²) in [7, 11) is 0. The van der Waals surface area contributed by atoms with E-state index in [2.05, 4.69) is 13.8 Å². The third-order valence-electron chi connectivity index (χ3n) is 3.36. The van der Waals surface area contributed by atoms with Crippen LogP contribution >= 0.6 is 0 Å². The van der Waals surface area contributed by atoms with Gasteiger partial charge in [0.1, 0.15) is 0 Å². The van der Waals surface area contributed by atoms with Gasteiger partial charge in [-0.25, -0.2) is 0 Å². The Hall–Kier alpha value is -0.0400. The maximum atomic E-state index is 5.90. The predicted octanol–water partition coefficient (Wildman–Crippen LogP) is 4.31. The van der Waals surface area contributed by atoms with Crippen LogP contribution in [0.25, 0.3) is 0 Å². The Bertz CT molecular complexity index is 138. The van der Waals surface area contributed by atoms with Gasteiger partial charge < -0.3 is 4.74 Å². The van der Waals surface area contributed by atoms with E-state index in [9.17, 15) is 0 Å². The zero-order chi connectivity index (χ0) is 10.3. The summed E-state index contributed by atoms with van der Waals surface area (Å²) in [5, 5.41) is 0. The molecule has 1 nitrogen and oxygen atoms in total. The minimum absolute atomic E-state index is 0.337. The fourth-order valence-corrected chi connectivity index (χ4v) is 1.91. The predicted molar refractivity (Wildman–Crippen MR) is 61.6 cm³/mol. The molecule has 0 N–H and O–H groups in total. The molecule has 0 aromatic rings. The fraction of sp³-hybridized carbons (Fsp3) is 1.00. The van der Waals surface area contributed by atoms with Crippen LogP contribution in [0.5, 0.6) is 0 Å². The molecule has 14 heavy (non-hydrogen) atoms. The van der Waals surface area contributed by atoms with Crippen LogP contribution in [0.1, 0.15) is 71.6 Å². The highest BCUT2D eigenvalue weighted by Gasteiger charge is 2.41. The first-order valence-corrected chi connectivity index (χ1v) is 6.47. The van der Waals surface area contributed by atoms with Crippen molar-refractivity contribution in [2.24, 2.45) is 0 Å². The molecule has 0 spiro atoms. The molecule has 1 aliphatic carbocycles. The molecule has 1 aliphatic rings. The first kappa shape index (κ1) is 12.0. The zero-order valence-electron chi connectivity index (χ0n) is 9.98. The lowest BCUT2D eigenvalue weighted by molar-refractivity contribution is 0.0277. The monoisotopic (exact) mass is 198 g/mol. The van der Waals surface area contributed by atoms with Crippen LogP contribution in [0.2, 0.25) is 0 Å². The minimum atomic E-state index is 0.337. The van der Waals surface area contributed by atoms with Crippen LogP contribution in [0, 0.1) is 0 Å². The van der Waals surface area contributed by atoms with Crippen molar-refractivity contribution in [3.63, 3.8) is 0 Å². The average molecular weight is 198 g/mol. The highest BCUT2D eigenvalue weighted by molar-refractivity contribution is 4.94. The average Bonchev–Trinajstić information content (AvgIpc) is 2.98. The van der Waals surface area contributed by atoms with Crippen molar-refractivity contribution in [3.05, 3.63) is 0 Å². The van der Waals surface area contributed by atoms with Crippen molar-refractivity contribution >= 4 is 0 Å². The van der Waals surface area contributed by atoms with Crippen molar-refractivity contribution in [3.8, 4) is 0 Å². The molecule has 1 heteroatoms. The van der Waals surface area contributed by atoms with Crippen LogP contribution in [-0.2, 0) is 4.74 Å². The summed E-state index contributed by atoms with van der Waals surface area (Å²) in [6, 6.07) is 0. The van der Waals surface area contributed by atoms with Crippen LogP contribution in [0.3, 0.4) is 0 Å². The summed E-state index contributed by atoms with van der Waals surface area (Å²) >= 11 is 0. The number of hydrogen-bond donors (Lipinski definition) is 0. The van der Waals surface area contributed by atoms with Crippen LogP contribution < -0.4 is 0 Å². The maximum Gasteiger partial charge on any atom is 0.0682 e. The van der Waals surface area contributed by atoms with E-state index in [1.807, 2.05) is 0 Å². The Balaban J connectivity index is 1.80. The lowest BCUT2D eigenvalue weighted by Gasteiger charge is -2.13. The molecule has 1 fully saturated rings. The Morgan fingerprint density at radius 3 is 2.14 bits per heavy atom.